The van der Waals surface area contributed by atoms with Gasteiger partial charge < -0.3 is 5.73 Å². The summed E-state index contributed by atoms with van der Waals surface area (Å²) in [4.78, 5) is 0. The Morgan fingerprint density at radius 2 is 1.86 bits per heavy atom. The summed E-state index contributed by atoms with van der Waals surface area (Å²) in [6, 6.07) is 8.10. The average molecular weight is 299 g/mol. The molecule has 21 heavy (non-hydrogen) atoms. The first-order chi connectivity index (χ1) is 9.70. The third-order valence-electron chi connectivity index (χ3n) is 4.55. The van der Waals surface area contributed by atoms with E-state index in [9.17, 15) is 13.2 Å². The summed E-state index contributed by atoms with van der Waals surface area (Å²) in [6.45, 7) is 4.24. The molecule has 118 valence electrons. The summed E-state index contributed by atoms with van der Waals surface area (Å²) in [7, 11) is 0. The van der Waals surface area contributed by atoms with E-state index in [1.807, 2.05) is 24.3 Å². The Morgan fingerprint density at radius 3 is 2.38 bits per heavy atom. The van der Waals surface area contributed by atoms with Gasteiger partial charge in [0.05, 0.1) is 5.92 Å². The molecule has 2 atom stereocenters. The van der Waals surface area contributed by atoms with E-state index in [2.05, 4.69) is 13.8 Å². The SMILES string of the molecule is CC(C)c1ccc(CC2(N)CCCC(C(F)(F)F)C2)cc1. The van der Waals surface area contributed by atoms with E-state index < -0.39 is 17.6 Å². The highest BCUT2D eigenvalue weighted by atomic mass is 19.4. The molecular formula is C17H24F3N. The molecule has 0 saturated heterocycles. The molecule has 0 aliphatic heterocycles. The Labute approximate surface area is 124 Å². The van der Waals surface area contributed by atoms with Crippen LogP contribution < -0.4 is 5.73 Å². The van der Waals surface area contributed by atoms with Gasteiger partial charge in [0.1, 0.15) is 0 Å². The van der Waals surface area contributed by atoms with Gasteiger partial charge in [-0.2, -0.15) is 13.2 Å². The molecule has 0 amide bonds. The molecule has 2 rings (SSSR count). The van der Waals surface area contributed by atoms with E-state index in [0.717, 1.165) is 5.56 Å². The molecule has 1 aliphatic rings. The van der Waals surface area contributed by atoms with Crippen LogP contribution in [0.25, 0.3) is 0 Å². The smallest absolute Gasteiger partial charge is 0.325 e. The number of hydrogen-bond donors (Lipinski definition) is 1. The lowest BCUT2D eigenvalue weighted by atomic mass is 9.73. The van der Waals surface area contributed by atoms with Gasteiger partial charge in [-0.1, -0.05) is 44.5 Å². The average Bonchev–Trinajstić information content (AvgIpc) is 2.38. The predicted molar refractivity (Wildman–Crippen MR) is 79.2 cm³/mol. The quantitative estimate of drug-likeness (QED) is 0.852. The number of alkyl halides is 3. The lowest BCUT2D eigenvalue weighted by Gasteiger charge is -2.39. The van der Waals surface area contributed by atoms with Gasteiger partial charge in [0, 0.05) is 5.54 Å². The van der Waals surface area contributed by atoms with Crippen LogP contribution in [0.4, 0.5) is 13.2 Å². The molecule has 0 radical (unpaired) electrons. The van der Waals surface area contributed by atoms with Gasteiger partial charge in [-0.3, -0.25) is 0 Å². The van der Waals surface area contributed by atoms with Gasteiger partial charge in [0.2, 0.25) is 0 Å². The second-order valence-electron chi connectivity index (χ2n) is 6.77. The Hall–Kier alpha value is -1.03. The Balaban J connectivity index is 2.06. The van der Waals surface area contributed by atoms with Crippen molar-refractivity contribution in [3.8, 4) is 0 Å². The highest BCUT2D eigenvalue weighted by Crippen LogP contribution is 2.41. The molecule has 4 heteroatoms. The van der Waals surface area contributed by atoms with Gasteiger partial charge in [-0.05, 0) is 42.7 Å². The van der Waals surface area contributed by atoms with E-state index in [-0.39, 0.29) is 12.8 Å². The maximum atomic E-state index is 12.9. The standard InChI is InChI=1S/C17H24F3N/c1-12(2)14-7-5-13(6-8-14)10-16(21)9-3-4-15(11-16)17(18,19)20/h5-8,12,15H,3-4,9-11,21H2,1-2H3. The minimum Gasteiger partial charge on any atom is -0.325 e. The number of benzene rings is 1. The van der Waals surface area contributed by atoms with E-state index in [4.69, 9.17) is 5.73 Å². The normalized spacial score (nSPS) is 27.1. The van der Waals surface area contributed by atoms with E-state index in [1.54, 1.807) is 0 Å². The Bertz CT molecular complexity index is 464. The topological polar surface area (TPSA) is 26.0 Å². The van der Waals surface area contributed by atoms with Gasteiger partial charge >= 0.3 is 6.18 Å². The van der Waals surface area contributed by atoms with Crippen molar-refractivity contribution in [2.75, 3.05) is 0 Å². The minimum absolute atomic E-state index is 0.0441. The summed E-state index contributed by atoms with van der Waals surface area (Å²) in [5.41, 5.74) is 7.82. The highest BCUT2D eigenvalue weighted by molar-refractivity contribution is 5.26. The van der Waals surface area contributed by atoms with Crippen molar-refractivity contribution in [2.45, 2.75) is 63.6 Å². The molecule has 0 bridgehead atoms. The van der Waals surface area contributed by atoms with Gasteiger partial charge in [-0.15, -0.1) is 0 Å². The summed E-state index contributed by atoms with van der Waals surface area (Å²) >= 11 is 0. The van der Waals surface area contributed by atoms with Crippen LogP contribution in [-0.2, 0) is 6.42 Å². The van der Waals surface area contributed by atoms with Crippen LogP contribution in [0.1, 0.15) is 56.6 Å². The molecule has 1 aliphatic carbocycles. The Morgan fingerprint density at radius 1 is 1.24 bits per heavy atom. The molecule has 2 N–H and O–H groups in total. The fraction of sp³-hybridized carbons (Fsp3) is 0.647. The van der Waals surface area contributed by atoms with Crippen molar-refractivity contribution in [1.29, 1.82) is 0 Å². The first kappa shape index (κ1) is 16.3. The first-order valence-corrected chi connectivity index (χ1v) is 7.64. The van der Waals surface area contributed by atoms with Crippen LogP contribution in [0.15, 0.2) is 24.3 Å². The molecular weight excluding hydrogens is 275 g/mol. The van der Waals surface area contributed by atoms with Gasteiger partial charge in [0.15, 0.2) is 0 Å². The molecule has 1 aromatic carbocycles. The van der Waals surface area contributed by atoms with Crippen molar-refractivity contribution in [1.82, 2.24) is 0 Å². The van der Waals surface area contributed by atoms with Gasteiger partial charge in [0.25, 0.3) is 0 Å². The zero-order chi connectivity index (χ0) is 15.7. The number of hydrogen-bond acceptors (Lipinski definition) is 1. The largest absolute Gasteiger partial charge is 0.391 e. The zero-order valence-corrected chi connectivity index (χ0v) is 12.7. The molecule has 1 aromatic rings. The summed E-state index contributed by atoms with van der Waals surface area (Å²) in [5, 5.41) is 0. The minimum atomic E-state index is -4.12. The third-order valence-corrected chi connectivity index (χ3v) is 4.55. The Kier molecular flexibility index (Phi) is 4.66. The van der Waals surface area contributed by atoms with Crippen molar-refractivity contribution < 1.29 is 13.2 Å². The maximum absolute atomic E-state index is 12.9. The maximum Gasteiger partial charge on any atom is 0.391 e. The summed E-state index contributed by atoms with van der Waals surface area (Å²) in [5.74, 6) is -0.790. The molecule has 1 nitrogen and oxygen atoms in total. The fourth-order valence-electron chi connectivity index (χ4n) is 3.26. The predicted octanol–water partition coefficient (Wildman–Crippen LogP) is 4.80. The van der Waals surface area contributed by atoms with Crippen molar-refractivity contribution in [3.63, 3.8) is 0 Å². The lowest BCUT2D eigenvalue weighted by Crippen LogP contribution is -2.48. The first-order valence-electron chi connectivity index (χ1n) is 7.64. The molecule has 1 saturated carbocycles. The van der Waals surface area contributed by atoms with Crippen molar-refractivity contribution in [3.05, 3.63) is 35.4 Å². The third kappa shape index (κ3) is 4.22. The second-order valence-corrected chi connectivity index (χ2v) is 6.77. The summed E-state index contributed by atoms with van der Waals surface area (Å²) < 4.78 is 38.7. The van der Waals surface area contributed by atoms with Gasteiger partial charge in [-0.25, -0.2) is 0 Å². The van der Waals surface area contributed by atoms with E-state index in [1.165, 1.54) is 5.56 Å². The summed E-state index contributed by atoms with van der Waals surface area (Å²) in [6.07, 6.45) is -2.10. The van der Waals surface area contributed by atoms with Crippen molar-refractivity contribution in [2.24, 2.45) is 11.7 Å². The fourth-order valence-corrected chi connectivity index (χ4v) is 3.26. The molecule has 0 heterocycles. The monoisotopic (exact) mass is 299 g/mol. The van der Waals surface area contributed by atoms with Crippen LogP contribution in [0.5, 0.6) is 0 Å². The number of rotatable bonds is 3. The van der Waals surface area contributed by atoms with Crippen molar-refractivity contribution >= 4 is 0 Å². The highest BCUT2D eigenvalue weighted by Gasteiger charge is 2.46. The molecule has 0 aromatic heterocycles. The molecule has 0 spiro atoms. The lowest BCUT2D eigenvalue weighted by molar-refractivity contribution is -0.187. The number of nitrogens with two attached hydrogens (primary N) is 1. The number of halogens is 3. The van der Waals surface area contributed by atoms with Crippen LogP contribution in [0.2, 0.25) is 0 Å². The zero-order valence-electron chi connectivity index (χ0n) is 12.7. The molecule has 2 unspecified atom stereocenters. The molecule has 1 fully saturated rings. The second kappa shape index (κ2) is 5.99. The van der Waals surface area contributed by atoms with E-state index in [0.29, 0.717) is 25.2 Å². The van der Waals surface area contributed by atoms with Crippen LogP contribution in [0, 0.1) is 5.92 Å². The van der Waals surface area contributed by atoms with Crippen LogP contribution in [0.3, 0.4) is 0 Å². The van der Waals surface area contributed by atoms with Crippen LogP contribution in [-0.4, -0.2) is 11.7 Å². The van der Waals surface area contributed by atoms with Crippen LogP contribution >= 0.6 is 0 Å². The van der Waals surface area contributed by atoms with E-state index >= 15 is 0 Å².